The largest absolute Gasteiger partial charge is 1.00 e. The van der Waals surface area contributed by atoms with Crippen molar-refractivity contribution in [3.05, 3.63) is 89.0 Å². The Balaban J connectivity index is 0.00000417. The van der Waals surface area contributed by atoms with Crippen LogP contribution in [0.25, 0.3) is 0 Å². The molecule has 0 N–H and O–H groups in total. The van der Waals surface area contributed by atoms with Gasteiger partial charge in [-0.1, -0.05) is 24.3 Å². The van der Waals surface area contributed by atoms with E-state index in [9.17, 15) is 19.8 Å². The van der Waals surface area contributed by atoms with Gasteiger partial charge in [0.15, 0.2) is 0 Å². The van der Waals surface area contributed by atoms with Gasteiger partial charge >= 0.3 is 59.1 Å². The molecule has 0 spiro atoms. The number of carboxylic acid groups (broad SMARTS) is 2. The number of carboxylic acids is 2. The van der Waals surface area contributed by atoms with Crippen molar-refractivity contribution in [2.24, 2.45) is 0 Å². The fourth-order valence-corrected chi connectivity index (χ4v) is 5.38. The minimum absolute atomic E-state index is 0. The van der Waals surface area contributed by atoms with Gasteiger partial charge < -0.3 is 38.7 Å². The summed E-state index contributed by atoms with van der Waals surface area (Å²) in [5.74, 6) is -2.68. The number of thioether (sulfide) groups is 1. The third-order valence-corrected chi connectivity index (χ3v) is 7.88. The summed E-state index contributed by atoms with van der Waals surface area (Å²) in [7, 11) is 0. The number of nitrogens with zero attached hydrogens (tertiary/aromatic N) is 5. The van der Waals surface area contributed by atoms with Gasteiger partial charge in [0.2, 0.25) is 0 Å². The molecule has 1 atom stereocenters. The molecule has 0 bridgehead atoms. The van der Waals surface area contributed by atoms with Crippen LogP contribution in [0.15, 0.2) is 65.6 Å². The Morgan fingerprint density at radius 1 is 0.735 bits per heavy atom. The minimum Gasteiger partial charge on any atom is -0.543 e. The molecule has 49 heavy (non-hydrogen) atoms. The van der Waals surface area contributed by atoms with Gasteiger partial charge in [-0.3, -0.25) is 14.8 Å². The molecule has 1 aliphatic rings. The Hall–Kier alpha value is -1.94. The maximum absolute atomic E-state index is 11.6. The van der Waals surface area contributed by atoms with Gasteiger partial charge in [-0.05, 0) is 53.7 Å². The van der Waals surface area contributed by atoms with E-state index in [0.717, 1.165) is 22.2 Å². The summed E-state index contributed by atoms with van der Waals surface area (Å²) < 4.78 is 23.5. The van der Waals surface area contributed by atoms with E-state index in [-0.39, 0.29) is 70.5 Å². The number of nitriles is 1. The maximum Gasteiger partial charge on any atom is 1.00 e. The minimum atomic E-state index is -1.36. The number of carbonyl (C=O) groups excluding carboxylic acids is 2. The molecule has 4 rings (SSSR count). The molecule has 2 aromatic heterocycles. The Kier molecular flexibility index (Phi) is 21.4. The van der Waals surface area contributed by atoms with Crippen LogP contribution in [0.5, 0.6) is 0 Å². The molecular weight excluding hydrogens is 672 g/mol. The van der Waals surface area contributed by atoms with E-state index >= 15 is 0 Å². The van der Waals surface area contributed by atoms with E-state index in [2.05, 4.69) is 25.2 Å². The van der Waals surface area contributed by atoms with Crippen LogP contribution in [0.4, 0.5) is 0 Å². The molecule has 1 unspecified atom stereocenters. The van der Waals surface area contributed by atoms with Crippen LogP contribution in [-0.4, -0.2) is 111 Å². The van der Waals surface area contributed by atoms with Crippen LogP contribution >= 0.6 is 11.8 Å². The Bertz CT molecular complexity index is 1460. The number of hydrogen-bond donors (Lipinski definition) is 0. The van der Waals surface area contributed by atoms with Crippen molar-refractivity contribution in [2.75, 3.05) is 79.0 Å². The molecule has 1 aliphatic heterocycles. The van der Waals surface area contributed by atoms with Crippen LogP contribution in [0.3, 0.4) is 0 Å². The van der Waals surface area contributed by atoms with E-state index in [0.29, 0.717) is 97.0 Å². The quantitative estimate of drug-likeness (QED) is 0.123. The zero-order chi connectivity index (χ0) is 33.3. The number of aromatic nitrogens is 2. The van der Waals surface area contributed by atoms with Crippen LogP contribution in [0, 0.1) is 10.7 Å². The maximum atomic E-state index is 11.6. The summed E-state index contributed by atoms with van der Waals surface area (Å²) in [4.78, 5) is 36.4. The van der Waals surface area contributed by atoms with E-state index in [1.54, 1.807) is 24.3 Å². The summed E-state index contributed by atoms with van der Waals surface area (Å²) in [5.41, 5.74) is 1.75. The fraction of sp³-hybridized carbons (Fsp3) is 0.424. The molecule has 0 aliphatic carbocycles. The van der Waals surface area contributed by atoms with Crippen molar-refractivity contribution in [1.29, 1.82) is 5.26 Å². The second kappa shape index (κ2) is 24.3. The van der Waals surface area contributed by atoms with Crippen molar-refractivity contribution in [2.45, 2.75) is 17.5 Å². The molecule has 250 valence electrons. The predicted octanol–water partition coefficient (Wildman–Crippen LogP) is -5.24. The molecular formula is C33H37N5Na2O8S. The molecule has 3 aromatic rings. The molecule has 13 nitrogen and oxygen atoms in total. The van der Waals surface area contributed by atoms with Gasteiger partial charge in [0, 0.05) is 37.6 Å². The van der Waals surface area contributed by atoms with E-state index in [1.165, 1.54) is 12.1 Å². The molecule has 1 fully saturated rings. The first-order chi connectivity index (χ1) is 22.9. The second-order valence-corrected chi connectivity index (χ2v) is 11.3. The van der Waals surface area contributed by atoms with Crippen LogP contribution < -0.4 is 69.3 Å². The Labute approximate surface area is 334 Å². The van der Waals surface area contributed by atoms with Gasteiger partial charge in [-0.15, -0.1) is 0 Å². The van der Waals surface area contributed by atoms with Crippen molar-refractivity contribution in [3.63, 3.8) is 0 Å². The number of rotatable bonds is 8. The number of aromatic carboxylic acids is 2. The average Bonchev–Trinajstić information content (AvgIpc) is 3.07. The van der Waals surface area contributed by atoms with Crippen LogP contribution in [-0.2, 0) is 25.5 Å². The SMILES string of the molecule is N#CSc1ccc(C(c2cccc(C(=O)[O-])n2)N2CCOCCOCCN(Cc3cccc(C(=O)[O-])n3)CCOCCOCC2)cc1.[Na+].[Na+]. The van der Waals surface area contributed by atoms with Crippen LogP contribution in [0.2, 0.25) is 0 Å². The summed E-state index contributed by atoms with van der Waals surface area (Å²) in [6, 6.07) is 16.8. The molecule has 0 saturated carbocycles. The smallest absolute Gasteiger partial charge is 0.543 e. The van der Waals surface area contributed by atoms with E-state index < -0.39 is 18.0 Å². The first-order valence-corrected chi connectivity index (χ1v) is 16.0. The number of ether oxygens (including phenoxy) is 4. The molecule has 0 radical (unpaired) electrons. The Morgan fingerprint density at radius 2 is 1.24 bits per heavy atom. The van der Waals surface area contributed by atoms with Crippen molar-refractivity contribution >= 4 is 23.7 Å². The Morgan fingerprint density at radius 3 is 1.78 bits per heavy atom. The zero-order valence-electron chi connectivity index (χ0n) is 28.0. The first-order valence-electron chi connectivity index (χ1n) is 15.2. The molecule has 16 heteroatoms. The zero-order valence-corrected chi connectivity index (χ0v) is 32.8. The third kappa shape index (κ3) is 15.1. The van der Waals surface area contributed by atoms with E-state index in [4.69, 9.17) is 24.2 Å². The monoisotopic (exact) mass is 709 g/mol. The van der Waals surface area contributed by atoms with Crippen LogP contribution in [0.1, 0.15) is 44.0 Å². The van der Waals surface area contributed by atoms with Crippen molar-refractivity contribution in [1.82, 2.24) is 19.8 Å². The van der Waals surface area contributed by atoms with Crippen molar-refractivity contribution in [3.8, 4) is 5.40 Å². The van der Waals surface area contributed by atoms with E-state index in [1.807, 2.05) is 24.3 Å². The summed E-state index contributed by atoms with van der Waals surface area (Å²) >= 11 is 1.06. The van der Waals surface area contributed by atoms with Gasteiger partial charge in [0.05, 0.1) is 93.6 Å². The summed E-state index contributed by atoms with van der Waals surface area (Å²) in [6.07, 6.45) is 0. The van der Waals surface area contributed by atoms with Gasteiger partial charge in [0.25, 0.3) is 0 Å². The fourth-order valence-electron chi connectivity index (χ4n) is 5.00. The number of hydrogen-bond acceptors (Lipinski definition) is 14. The van der Waals surface area contributed by atoms with Crippen molar-refractivity contribution < 1.29 is 97.9 Å². The normalized spacial score (nSPS) is 16.8. The second-order valence-electron chi connectivity index (χ2n) is 10.5. The third-order valence-electron chi connectivity index (χ3n) is 7.28. The predicted molar refractivity (Wildman–Crippen MR) is 167 cm³/mol. The molecule has 1 aromatic carbocycles. The average molecular weight is 710 g/mol. The standard InChI is InChI=1S/C33H39N5O8S.2Na/c34-24-47-27-9-7-25(8-10-27)31(28-4-2-6-30(36-28)33(41)42)38-13-17-45-21-19-43-15-11-37(12-16-44-20-22-46-18-14-38)23-26-3-1-5-29(35-26)32(39)40;;/h1-10,31H,11-23H2,(H,39,40)(H,41,42);;/q;2*+1/p-2. The molecule has 1 saturated heterocycles. The van der Waals surface area contributed by atoms with Gasteiger partial charge in [-0.2, -0.15) is 5.26 Å². The number of thiocyanates is 1. The van der Waals surface area contributed by atoms with Gasteiger partial charge in [-0.25, -0.2) is 4.98 Å². The molecule has 3 heterocycles. The number of pyridine rings is 2. The number of carbonyl (C=O) groups is 2. The topological polar surface area (TPSA) is 173 Å². The number of benzene rings is 1. The summed E-state index contributed by atoms with van der Waals surface area (Å²) in [5, 5.41) is 34.0. The summed E-state index contributed by atoms with van der Waals surface area (Å²) in [6.45, 7) is 5.66. The first kappa shape index (κ1) is 43.2. The molecule has 0 amide bonds. The van der Waals surface area contributed by atoms with Gasteiger partial charge in [0.1, 0.15) is 5.40 Å².